The van der Waals surface area contributed by atoms with Gasteiger partial charge in [0, 0.05) is 37.6 Å². The minimum absolute atomic E-state index is 0.0185. The molecule has 2 fully saturated rings. The Kier molecular flexibility index (Phi) is 5.09. The molecule has 2 saturated heterocycles. The fourth-order valence-corrected chi connectivity index (χ4v) is 4.78. The number of imidazole rings is 1. The van der Waals surface area contributed by atoms with Gasteiger partial charge in [0.25, 0.3) is 5.91 Å². The second-order valence-electron chi connectivity index (χ2n) is 8.44. The number of nitrogens with one attached hydrogen (secondary N) is 1. The smallest absolute Gasteiger partial charge is 0.259 e. The van der Waals surface area contributed by atoms with Gasteiger partial charge in [-0.2, -0.15) is 0 Å². The molecule has 8 heteroatoms. The summed E-state index contributed by atoms with van der Waals surface area (Å²) in [5.74, 6) is -0.637. The maximum atomic E-state index is 14.9. The molecule has 0 aliphatic carbocycles. The molecule has 0 bridgehead atoms. The summed E-state index contributed by atoms with van der Waals surface area (Å²) in [6.45, 7) is 7.88. The monoisotopic (exact) mass is 422 g/mol. The molecule has 4 heterocycles. The van der Waals surface area contributed by atoms with Crippen molar-refractivity contribution in [3.05, 3.63) is 53.4 Å². The lowest BCUT2D eigenvalue weighted by molar-refractivity contribution is 0.102. The minimum Gasteiger partial charge on any atom is -0.369 e. The number of anilines is 2. The van der Waals surface area contributed by atoms with E-state index in [1.807, 2.05) is 30.5 Å². The van der Waals surface area contributed by atoms with E-state index in [1.165, 1.54) is 25.5 Å². The summed E-state index contributed by atoms with van der Waals surface area (Å²) in [4.78, 5) is 26.5. The van der Waals surface area contributed by atoms with Crippen LogP contribution in [0, 0.1) is 12.7 Å². The van der Waals surface area contributed by atoms with E-state index in [4.69, 9.17) is 0 Å². The lowest BCUT2D eigenvalue weighted by Crippen LogP contribution is -2.50. The zero-order chi connectivity index (χ0) is 21.5. The fraction of sp³-hybridized carbons (Fsp3) is 0.435. The van der Waals surface area contributed by atoms with E-state index in [1.54, 1.807) is 12.3 Å². The number of nitrogens with zero attached hydrogens (tertiary/aromatic N) is 5. The highest BCUT2D eigenvalue weighted by molar-refractivity contribution is 6.04. The van der Waals surface area contributed by atoms with Crippen molar-refractivity contribution >= 4 is 23.1 Å². The van der Waals surface area contributed by atoms with Gasteiger partial charge in [0.05, 0.1) is 23.1 Å². The molecule has 2 aliphatic heterocycles. The minimum atomic E-state index is -0.515. The summed E-state index contributed by atoms with van der Waals surface area (Å²) in [5.41, 5.74) is 3.29. The number of rotatable bonds is 4. The number of fused-ring (bicyclic) bond motifs is 2. The van der Waals surface area contributed by atoms with Crippen molar-refractivity contribution in [3.63, 3.8) is 0 Å². The van der Waals surface area contributed by atoms with Gasteiger partial charge >= 0.3 is 0 Å². The first-order valence-corrected chi connectivity index (χ1v) is 11.0. The quantitative estimate of drug-likeness (QED) is 0.699. The molecule has 162 valence electrons. The van der Waals surface area contributed by atoms with Crippen molar-refractivity contribution in [2.45, 2.75) is 39.2 Å². The van der Waals surface area contributed by atoms with Crippen molar-refractivity contribution in [1.82, 2.24) is 19.3 Å². The second kappa shape index (κ2) is 7.92. The molecule has 0 saturated carbocycles. The van der Waals surface area contributed by atoms with Crippen molar-refractivity contribution in [1.29, 1.82) is 0 Å². The van der Waals surface area contributed by atoms with Crippen LogP contribution in [0.4, 0.5) is 15.9 Å². The molecule has 31 heavy (non-hydrogen) atoms. The number of amides is 1. The molecule has 1 atom stereocenters. The molecule has 5 rings (SSSR count). The van der Waals surface area contributed by atoms with Crippen molar-refractivity contribution in [2.24, 2.45) is 0 Å². The molecule has 2 aliphatic rings. The summed E-state index contributed by atoms with van der Waals surface area (Å²) in [6, 6.07) is 5.45. The van der Waals surface area contributed by atoms with Gasteiger partial charge in [-0.25, -0.2) is 14.4 Å². The predicted octanol–water partition coefficient (Wildman–Crippen LogP) is 3.28. The fourth-order valence-electron chi connectivity index (χ4n) is 4.78. The normalized spacial score (nSPS) is 19.1. The first-order valence-electron chi connectivity index (χ1n) is 11.0. The Hall–Kier alpha value is -3.00. The third-order valence-corrected chi connectivity index (χ3v) is 6.35. The molecule has 0 radical (unpaired) electrons. The van der Waals surface area contributed by atoms with Crippen LogP contribution in [0.15, 0.2) is 30.6 Å². The predicted molar refractivity (Wildman–Crippen MR) is 118 cm³/mol. The van der Waals surface area contributed by atoms with Gasteiger partial charge in [-0.15, -0.1) is 0 Å². The Labute approximate surface area is 180 Å². The Morgan fingerprint density at radius 3 is 2.90 bits per heavy atom. The third kappa shape index (κ3) is 3.76. The first-order chi connectivity index (χ1) is 15.0. The van der Waals surface area contributed by atoms with Crippen LogP contribution in [0.3, 0.4) is 0 Å². The maximum absolute atomic E-state index is 14.9. The van der Waals surface area contributed by atoms with Crippen molar-refractivity contribution in [3.8, 4) is 0 Å². The average Bonchev–Trinajstić information content (AvgIpc) is 3.37. The van der Waals surface area contributed by atoms with Gasteiger partial charge in [-0.3, -0.25) is 9.69 Å². The summed E-state index contributed by atoms with van der Waals surface area (Å²) in [5, 5.41) is 2.75. The largest absolute Gasteiger partial charge is 0.369 e. The molecular weight excluding hydrogens is 395 g/mol. The Morgan fingerprint density at radius 2 is 2.10 bits per heavy atom. The Morgan fingerprint density at radius 1 is 1.23 bits per heavy atom. The lowest BCUT2D eigenvalue weighted by Gasteiger charge is -2.38. The zero-order valence-corrected chi connectivity index (χ0v) is 17.9. The van der Waals surface area contributed by atoms with E-state index < -0.39 is 11.7 Å². The topological polar surface area (TPSA) is 65.8 Å². The lowest BCUT2D eigenvalue weighted by atomic mass is 10.1. The van der Waals surface area contributed by atoms with Crippen LogP contribution < -0.4 is 10.2 Å². The second-order valence-corrected chi connectivity index (χ2v) is 8.44. The maximum Gasteiger partial charge on any atom is 0.259 e. The molecular formula is C23H27FN6O. The van der Waals surface area contributed by atoms with Crippen molar-refractivity contribution < 1.29 is 9.18 Å². The van der Waals surface area contributed by atoms with Crippen LogP contribution in [0.5, 0.6) is 0 Å². The molecule has 0 spiro atoms. The highest BCUT2D eigenvalue weighted by Gasteiger charge is 2.31. The van der Waals surface area contributed by atoms with Gasteiger partial charge in [0.15, 0.2) is 5.65 Å². The van der Waals surface area contributed by atoms with Crippen LogP contribution in [-0.4, -0.2) is 57.4 Å². The van der Waals surface area contributed by atoms with E-state index in [-0.39, 0.29) is 5.56 Å². The summed E-state index contributed by atoms with van der Waals surface area (Å²) in [6.07, 6.45) is 6.71. The number of aromatic nitrogens is 3. The molecule has 1 N–H and O–H groups in total. The molecule has 1 amide bonds. The number of benzene rings is 1. The first kappa shape index (κ1) is 19.9. The van der Waals surface area contributed by atoms with E-state index in [0.29, 0.717) is 18.3 Å². The Balaban J connectivity index is 1.34. The molecule has 7 nitrogen and oxygen atoms in total. The summed E-state index contributed by atoms with van der Waals surface area (Å²) < 4.78 is 16.7. The van der Waals surface area contributed by atoms with E-state index >= 15 is 0 Å². The van der Waals surface area contributed by atoms with Crippen LogP contribution in [0.2, 0.25) is 0 Å². The SMILES string of the molecule is CCc1nc(NC(=O)c2ccc(N3CCN4CCC[C@H]4C3)cc2F)cn2cc(C)nc12. The number of hydrogen-bond donors (Lipinski definition) is 1. The number of carbonyl (C=O) groups excluding carboxylic acids is 1. The van der Waals surface area contributed by atoms with Crippen LogP contribution in [0.1, 0.15) is 41.5 Å². The standard InChI is InChI=1S/C23H27FN6O/c1-3-20-22-25-15(2)12-30(22)14-21(26-20)27-23(31)18-7-6-16(11-19(18)24)29-10-9-28-8-4-5-17(28)13-29/h6-7,11-12,14,17H,3-5,8-10,13H2,1-2H3,(H,27,31)/t17-/m0/s1. The average molecular weight is 423 g/mol. The van der Waals surface area contributed by atoms with Crippen molar-refractivity contribution in [2.75, 3.05) is 36.4 Å². The molecule has 0 unspecified atom stereocenters. The summed E-state index contributed by atoms with van der Waals surface area (Å²) in [7, 11) is 0. The number of hydrogen-bond acceptors (Lipinski definition) is 5. The van der Waals surface area contributed by atoms with E-state index in [2.05, 4.69) is 25.1 Å². The molecule has 2 aromatic heterocycles. The number of aryl methyl sites for hydroxylation is 2. The van der Waals surface area contributed by atoms with E-state index in [0.717, 1.165) is 42.4 Å². The van der Waals surface area contributed by atoms with E-state index in [9.17, 15) is 9.18 Å². The van der Waals surface area contributed by atoms with Crippen LogP contribution >= 0.6 is 0 Å². The van der Waals surface area contributed by atoms with Gasteiger partial charge in [0.2, 0.25) is 0 Å². The van der Waals surface area contributed by atoms with Crippen LogP contribution in [-0.2, 0) is 6.42 Å². The zero-order valence-electron chi connectivity index (χ0n) is 17.9. The highest BCUT2D eigenvalue weighted by Crippen LogP contribution is 2.27. The number of halogens is 1. The number of piperazine rings is 1. The van der Waals surface area contributed by atoms with Gasteiger partial charge in [-0.1, -0.05) is 6.92 Å². The third-order valence-electron chi connectivity index (χ3n) is 6.35. The number of carbonyl (C=O) groups is 1. The summed E-state index contributed by atoms with van der Waals surface area (Å²) >= 11 is 0. The van der Waals surface area contributed by atoms with Gasteiger partial charge < -0.3 is 14.6 Å². The van der Waals surface area contributed by atoms with Gasteiger partial charge in [0.1, 0.15) is 11.6 Å². The van der Waals surface area contributed by atoms with Gasteiger partial charge in [-0.05, 0) is 50.9 Å². The Bertz CT molecular complexity index is 1140. The highest BCUT2D eigenvalue weighted by atomic mass is 19.1. The van der Waals surface area contributed by atoms with Crippen LogP contribution in [0.25, 0.3) is 5.65 Å². The molecule has 3 aromatic rings. The molecule has 1 aromatic carbocycles.